The highest BCUT2D eigenvalue weighted by molar-refractivity contribution is 4.54. The summed E-state index contributed by atoms with van der Waals surface area (Å²) in [5, 5.41) is 9.55. The Balaban J connectivity index is 3.01. The van der Waals surface area contributed by atoms with Crippen molar-refractivity contribution in [3.05, 3.63) is 0 Å². The standard InChI is InChI=1S/C32H66O/c1-3-5-6-7-8-9-10-11-12-13-14-15-16-17-18-19-20-21-22-23-24-25-26-27-28-29-30-31-32(33)4-2/h32-33H,3-31H2,1-2H3. The van der Waals surface area contributed by atoms with E-state index in [1.165, 1.54) is 173 Å². The van der Waals surface area contributed by atoms with Gasteiger partial charge in [-0.15, -0.1) is 0 Å². The fourth-order valence-corrected chi connectivity index (χ4v) is 5.08. The van der Waals surface area contributed by atoms with Crippen molar-refractivity contribution in [2.75, 3.05) is 0 Å². The fourth-order valence-electron chi connectivity index (χ4n) is 5.08. The van der Waals surface area contributed by atoms with E-state index in [0.717, 1.165) is 12.8 Å². The smallest absolute Gasteiger partial charge is 0.0537 e. The van der Waals surface area contributed by atoms with E-state index in [-0.39, 0.29) is 6.10 Å². The minimum Gasteiger partial charge on any atom is -0.393 e. The van der Waals surface area contributed by atoms with Crippen LogP contribution < -0.4 is 0 Å². The van der Waals surface area contributed by atoms with Crippen LogP contribution in [-0.2, 0) is 0 Å². The summed E-state index contributed by atoms with van der Waals surface area (Å²) in [5.41, 5.74) is 0. The van der Waals surface area contributed by atoms with E-state index in [0.29, 0.717) is 0 Å². The van der Waals surface area contributed by atoms with E-state index in [1.807, 2.05) is 0 Å². The molecular weight excluding hydrogens is 400 g/mol. The Morgan fingerprint density at radius 1 is 0.333 bits per heavy atom. The Kier molecular flexibility index (Phi) is 30.0. The zero-order valence-electron chi connectivity index (χ0n) is 23.5. The first-order valence-electron chi connectivity index (χ1n) is 16.0. The van der Waals surface area contributed by atoms with Gasteiger partial charge in [0, 0.05) is 0 Å². The number of hydrogen-bond acceptors (Lipinski definition) is 1. The van der Waals surface area contributed by atoms with Crippen LogP contribution in [0.15, 0.2) is 0 Å². The molecule has 1 nitrogen and oxygen atoms in total. The molecule has 0 spiro atoms. The lowest BCUT2D eigenvalue weighted by Gasteiger charge is -2.06. The normalized spacial score (nSPS) is 12.5. The molecule has 0 fully saturated rings. The second-order valence-electron chi connectivity index (χ2n) is 11.0. The Labute approximate surface area is 211 Å². The molecule has 200 valence electrons. The summed E-state index contributed by atoms with van der Waals surface area (Å²) in [6.45, 7) is 4.38. The summed E-state index contributed by atoms with van der Waals surface area (Å²) >= 11 is 0. The lowest BCUT2D eigenvalue weighted by atomic mass is 10.0. The fraction of sp³-hybridized carbons (Fsp3) is 1.00. The van der Waals surface area contributed by atoms with E-state index < -0.39 is 0 Å². The molecule has 0 aromatic carbocycles. The Morgan fingerprint density at radius 2 is 0.545 bits per heavy atom. The van der Waals surface area contributed by atoms with Gasteiger partial charge in [0.05, 0.1) is 6.10 Å². The second kappa shape index (κ2) is 30.0. The van der Waals surface area contributed by atoms with Crippen molar-refractivity contribution in [3.63, 3.8) is 0 Å². The maximum absolute atomic E-state index is 9.55. The van der Waals surface area contributed by atoms with Crippen molar-refractivity contribution in [1.29, 1.82) is 0 Å². The Hall–Kier alpha value is -0.0400. The first kappa shape index (κ1) is 33.0. The van der Waals surface area contributed by atoms with Crippen molar-refractivity contribution in [3.8, 4) is 0 Å². The van der Waals surface area contributed by atoms with Crippen LogP contribution in [0.3, 0.4) is 0 Å². The molecule has 1 N–H and O–H groups in total. The van der Waals surface area contributed by atoms with Crippen molar-refractivity contribution in [1.82, 2.24) is 0 Å². The number of aliphatic hydroxyl groups is 1. The molecule has 0 saturated carbocycles. The minimum atomic E-state index is -0.0517. The molecule has 1 heteroatoms. The summed E-state index contributed by atoms with van der Waals surface area (Å²) in [7, 11) is 0. The van der Waals surface area contributed by atoms with E-state index in [1.54, 1.807) is 0 Å². The van der Waals surface area contributed by atoms with Gasteiger partial charge >= 0.3 is 0 Å². The van der Waals surface area contributed by atoms with Crippen LogP contribution in [0.25, 0.3) is 0 Å². The lowest BCUT2D eigenvalue weighted by Crippen LogP contribution is -2.03. The van der Waals surface area contributed by atoms with Crippen molar-refractivity contribution in [2.45, 2.75) is 206 Å². The largest absolute Gasteiger partial charge is 0.393 e. The minimum absolute atomic E-state index is 0.0517. The zero-order chi connectivity index (χ0) is 24.1. The number of aliphatic hydroxyl groups excluding tert-OH is 1. The predicted octanol–water partition coefficient (Wildman–Crippen LogP) is 11.7. The van der Waals surface area contributed by atoms with Crippen LogP contribution in [-0.4, -0.2) is 11.2 Å². The third-order valence-electron chi connectivity index (χ3n) is 7.61. The van der Waals surface area contributed by atoms with Crippen LogP contribution in [0.2, 0.25) is 0 Å². The van der Waals surface area contributed by atoms with Gasteiger partial charge in [-0.1, -0.05) is 187 Å². The topological polar surface area (TPSA) is 20.2 Å². The monoisotopic (exact) mass is 467 g/mol. The second-order valence-corrected chi connectivity index (χ2v) is 11.0. The van der Waals surface area contributed by atoms with E-state index in [2.05, 4.69) is 13.8 Å². The number of rotatable bonds is 29. The first-order valence-corrected chi connectivity index (χ1v) is 16.0. The molecule has 0 aliphatic carbocycles. The highest BCUT2D eigenvalue weighted by Crippen LogP contribution is 2.16. The molecule has 1 unspecified atom stereocenters. The highest BCUT2D eigenvalue weighted by Gasteiger charge is 2.00. The summed E-state index contributed by atoms with van der Waals surface area (Å²) in [4.78, 5) is 0. The highest BCUT2D eigenvalue weighted by atomic mass is 16.3. The predicted molar refractivity (Wildman–Crippen MR) is 151 cm³/mol. The van der Waals surface area contributed by atoms with Gasteiger partial charge in [0.2, 0.25) is 0 Å². The average Bonchev–Trinajstić information content (AvgIpc) is 2.83. The van der Waals surface area contributed by atoms with Gasteiger partial charge < -0.3 is 5.11 Å². The van der Waals surface area contributed by atoms with Gasteiger partial charge in [0.25, 0.3) is 0 Å². The molecule has 0 aromatic heterocycles. The van der Waals surface area contributed by atoms with Crippen LogP contribution >= 0.6 is 0 Å². The summed E-state index contributed by atoms with van der Waals surface area (Å²) in [6, 6.07) is 0. The Morgan fingerprint density at radius 3 is 0.758 bits per heavy atom. The number of unbranched alkanes of at least 4 members (excludes halogenated alkanes) is 26. The van der Waals surface area contributed by atoms with Gasteiger partial charge in [0.15, 0.2) is 0 Å². The molecule has 0 aliphatic rings. The maximum atomic E-state index is 9.55. The van der Waals surface area contributed by atoms with Gasteiger partial charge in [0.1, 0.15) is 0 Å². The van der Waals surface area contributed by atoms with Crippen molar-refractivity contribution >= 4 is 0 Å². The van der Waals surface area contributed by atoms with Crippen LogP contribution in [0.5, 0.6) is 0 Å². The molecule has 0 aromatic rings. The summed E-state index contributed by atoms with van der Waals surface area (Å²) in [5.74, 6) is 0. The van der Waals surface area contributed by atoms with Gasteiger partial charge in [-0.25, -0.2) is 0 Å². The van der Waals surface area contributed by atoms with Gasteiger partial charge in [-0.05, 0) is 12.8 Å². The molecule has 0 radical (unpaired) electrons. The molecule has 0 heterocycles. The molecule has 0 rings (SSSR count). The SMILES string of the molecule is CCCCCCCCCCCCCCCCCCCCCCCCCCCCCC(O)CC. The molecule has 0 saturated heterocycles. The molecule has 33 heavy (non-hydrogen) atoms. The zero-order valence-corrected chi connectivity index (χ0v) is 23.5. The average molecular weight is 467 g/mol. The third-order valence-corrected chi connectivity index (χ3v) is 7.61. The van der Waals surface area contributed by atoms with Crippen molar-refractivity contribution < 1.29 is 5.11 Å². The van der Waals surface area contributed by atoms with E-state index >= 15 is 0 Å². The molecule has 0 amide bonds. The summed E-state index contributed by atoms with van der Waals surface area (Å²) < 4.78 is 0. The molecule has 1 atom stereocenters. The van der Waals surface area contributed by atoms with E-state index in [4.69, 9.17) is 0 Å². The number of hydrogen-bond donors (Lipinski definition) is 1. The first-order chi connectivity index (χ1) is 16.3. The van der Waals surface area contributed by atoms with Crippen LogP contribution in [0, 0.1) is 0 Å². The quantitative estimate of drug-likeness (QED) is 0.109. The van der Waals surface area contributed by atoms with Gasteiger partial charge in [-0.3, -0.25) is 0 Å². The van der Waals surface area contributed by atoms with Gasteiger partial charge in [-0.2, -0.15) is 0 Å². The molecular formula is C32H66O. The Bertz CT molecular complexity index is 326. The lowest BCUT2D eigenvalue weighted by molar-refractivity contribution is 0.156. The third kappa shape index (κ3) is 29.9. The summed E-state index contributed by atoms with van der Waals surface area (Å²) in [6.07, 6.45) is 40.9. The van der Waals surface area contributed by atoms with Crippen molar-refractivity contribution in [2.24, 2.45) is 0 Å². The maximum Gasteiger partial charge on any atom is 0.0537 e. The van der Waals surface area contributed by atoms with E-state index in [9.17, 15) is 5.11 Å². The molecule has 0 aliphatic heterocycles. The van der Waals surface area contributed by atoms with Crippen LogP contribution in [0.4, 0.5) is 0 Å². The van der Waals surface area contributed by atoms with Crippen LogP contribution in [0.1, 0.15) is 200 Å². The molecule has 0 bridgehead atoms.